The first-order valence-electron chi connectivity index (χ1n) is 9.57. The maximum atomic E-state index is 12.9. The summed E-state index contributed by atoms with van der Waals surface area (Å²) in [6, 6.07) is 11.7. The lowest BCUT2D eigenvalue weighted by atomic mass is 9.96. The van der Waals surface area contributed by atoms with E-state index >= 15 is 0 Å². The number of hydrogen-bond donors (Lipinski definition) is 1. The molecule has 0 spiro atoms. The van der Waals surface area contributed by atoms with Crippen molar-refractivity contribution in [2.75, 3.05) is 18.4 Å². The van der Waals surface area contributed by atoms with Gasteiger partial charge in [0.15, 0.2) is 0 Å². The van der Waals surface area contributed by atoms with Crippen LogP contribution in [0.5, 0.6) is 5.75 Å². The van der Waals surface area contributed by atoms with Crippen LogP contribution in [0.25, 0.3) is 0 Å². The van der Waals surface area contributed by atoms with E-state index in [9.17, 15) is 18.4 Å². The molecule has 0 bridgehead atoms. The van der Waals surface area contributed by atoms with E-state index in [4.69, 9.17) is 0 Å². The Hall–Kier alpha value is -2.96. The van der Waals surface area contributed by atoms with Crippen LogP contribution >= 0.6 is 0 Å². The van der Waals surface area contributed by atoms with Gasteiger partial charge in [-0.2, -0.15) is 8.78 Å². The molecule has 1 aliphatic rings. The Kier molecular flexibility index (Phi) is 6.46. The lowest BCUT2D eigenvalue weighted by molar-refractivity contribution is -0.121. The van der Waals surface area contributed by atoms with Gasteiger partial charge in [-0.15, -0.1) is 0 Å². The first-order chi connectivity index (χ1) is 13.9. The van der Waals surface area contributed by atoms with Gasteiger partial charge in [-0.25, -0.2) is 0 Å². The molecule has 2 aromatic rings. The van der Waals surface area contributed by atoms with Crippen molar-refractivity contribution in [2.45, 2.75) is 33.3 Å². The molecule has 1 N–H and O–H groups in total. The first-order valence-corrected chi connectivity index (χ1v) is 9.57. The average molecular weight is 402 g/mol. The molecule has 1 fully saturated rings. The van der Waals surface area contributed by atoms with Crippen LogP contribution in [0, 0.1) is 19.8 Å². The van der Waals surface area contributed by atoms with E-state index in [0.29, 0.717) is 19.4 Å². The second-order valence-corrected chi connectivity index (χ2v) is 7.22. The molecule has 3 rings (SSSR count). The van der Waals surface area contributed by atoms with Gasteiger partial charge in [-0.3, -0.25) is 9.59 Å². The van der Waals surface area contributed by atoms with Gasteiger partial charge in [0.25, 0.3) is 5.91 Å². The number of halogens is 2. The maximum Gasteiger partial charge on any atom is 0.387 e. The van der Waals surface area contributed by atoms with Crippen molar-refractivity contribution < 1.29 is 23.1 Å². The lowest BCUT2D eigenvalue weighted by Crippen LogP contribution is -2.44. The molecule has 0 saturated carbocycles. The van der Waals surface area contributed by atoms with Crippen LogP contribution in [0.15, 0.2) is 42.5 Å². The normalized spacial score (nSPS) is 16.6. The van der Waals surface area contributed by atoms with Crippen molar-refractivity contribution in [3.05, 3.63) is 59.2 Å². The smallest absolute Gasteiger partial charge is 0.387 e. The minimum Gasteiger partial charge on any atom is -0.434 e. The molecule has 29 heavy (non-hydrogen) atoms. The van der Waals surface area contributed by atoms with Gasteiger partial charge in [-0.05, 0) is 49.9 Å². The third kappa shape index (κ3) is 4.91. The van der Waals surface area contributed by atoms with E-state index < -0.39 is 12.5 Å². The number of likely N-dealkylation sites (tertiary alicyclic amines) is 1. The molecule has 2 aromatic carbocycles. The lowest BCUT2D eigenvalue weighted by Gasteiger charge is -2.32. The highest BCUT2D eigenvalue weighted by Crippen LogP contribution is 2.26. The van der Waals surface area contributed by atoms with Gasteiger partial charge in [0.05, 0.1) is 11.5 Å². The molecule has 2 amide bonds. The zero-order valence-corrected chi connectivity index (χ0v) is 16.5. The number of benzene rings is 2. The van der Waals surface area contributed by atoms with Gasteiger partial charge in [0.2, 0.25) is 5.91 Å². The monoisotopic (exact) mass is 402 g/mol. The molecule has 5 nitrogen and oxygen atoms in total. The van der Waals surface area contributed by atoms with Crippen LogP contribution < -0.4 is 10.1 Å². The zero-order valence-electron chi connectivity index (χ0n) is 16.5. The third-order valence-electron chi connectivity index (χ3n) is 5.14. The Morgan fingerprint density at radius 2 is 1.79 bits per heavy atom. The minimum atomic E-state index is -3.01. The number of ether oxygens (including phenoxy) is 1. The second-order valence-electron chi connectivity index (χ2n) is 7.22. The highest BCUT2D eigenvalue weighted by atomic mass is 19.3. The van der Waals surface area contributed by atoms with Crippen molar-refractivity contribution in [1.29, 1.82) is 0 Å². The standard InChI is InChI=1S/C22H24F2N2O3/c1-14-7-5-8-15(2)19(14)25-20(27)16-9-6-12-26(13-16)21(28)17-10-3-4-11-18(17)29-22(23)24/h3-5,7-8,10-11,16,22H,6,9,12-13H2,1-2H3,(H,25,27). The highest BCUT2D eigenvalue weighted by molar-refractivity contribution is 5.98. The molecule has 1 heterocycles. The number of piperidine rings is 1. The first kappa shape index (κ1) is 20.8. The number of carbonyl (C=O) groups is 2. The summed E-state index contributed by atoms with van der Waals surface area (Å²) in [6.07, 6.45) is 1.32. The molecule has 1 saturated heterocycles. The molecule has 154 valence electrons. The summed E-state index contributed by atoms with van der Waals surface area (Å²) >= 11 is 0. The van der Waals surface area contributed by atoms with Crippen LogP contribution in [0.3, 0.4) is 0 Å². The van der Waals surface area contributed by atoms with Gasteiger partial charge < -0.3 is 15.0 Å². The zero-order chi connectivity index (χ0) is 21.0. The molecule has 1 aliphatic heterocycles. The number of aryl methyl sites for hydroxylation is 2. The highest BCUT2D eigenvalue weighted by Gasteiger charge is 2.30. The summed E-state index contributed by atoms with van der Waals surface area (Å²) in [5.74, 6) is -1.08. The summed E-state index contributed by atoms with van der Waals surface area (Å²) in [7, 11) is 0. The number of nitrogens with zero attached hydrogens (tertiary/aromatic N) is 1. The number of nitrogens with one attached hydrogen (secondary N) is 1. The molecule has 0 aromatic heterocycles. The van der Waals surface area contributed by atoms with E-state index in [1.54, 1.807) is 6.07 Å². The number of alkyl halides is 2. The number of anilines is 1. The molecular formula is C22H24F2N2O3. The van der Waals surface area contributed by atoms with Crippen molar-refractivity contribution in [3.8, 4) is 5.75 Å². The molecule has 0 radical (unpaired) electrons. The van der Waals surface area contributed by atoms with Gasteiger partial charge in [0, 0.05) is 18.8 Å². The minimum absolute atomic E-state index is 0.0728. The van der Waals surface area contributed by atoms with Crippen molar-refractivity contribution in [2.24, 2.45) is 5.92 Å². The summed E-state index contributed by atoms with van der Waals surface area (Å²) < 4.78 is 29.8. The number of para-hydroxylation sites is 2. The molecule has 1 unspecified atom stereocenters. The van der Waals surface area contributed by atoms with Gasteiger partial charge in [0.1, 0.15) is 5.75 Å². The Balaban J connectivity index is 1.72. The van der Waals surface area contributed by atoms with E-state index in [2.05, 4.69) is 10.1 Å². The topological polar surface area (TPSA) is 58.6 Å². The fraction of sp³-hybridized carbons (Fsp3) is 0.364. The third-order valence-corrected chi connectivity index (χ3v) is 5.14. The van der Waals surface area contributed by atoms with Crippen LogP contribution in [0.1, 0.15) is 34.3 Å². The largest absolute Gasteiger partial charge is 0.434 e. The van der Waals surface area contributed by atoms with Gasteiger partial charge >= 0.3 is 6.61 Å². The predicted molar refractivity (Wildman–Crippen MR) is 106 cm³/mol. The Morgan fingerprint density at radius 1 is 1.10 bits per heavy atom. The predicted octanol–water partition coefficient (Wildman–Crippen LogP) is 4.40. The van der Waals surface area contributed by atoms with Gasteiger partial charge in [-0.1, -0.05) is 30.3 Å². The Labute approximate surface area is 168 Å². The average Bonchev–Trinajstić information content (AvgIpc) is 2.70. The number of rotatable bonds is 5. The van der Waals surface area contributed by atoms with E-state index in [0.717, 1.165) is 16.8 Å². The number of carbonyl (C=O) groups excluding carboxylic acids is 2. The van der Waals surface area contributed by atoms with Crippen LogP contribution in [0.4, 0.5) is 14.5 Å². The Morgan fingerprint density at radius 3 is 2.48 bits per heavy atom. The van der Waals surface area contributed by atoms with Crippen molar-refractivity contribution in [3.63, 3.8) is 0 Å². The SMILES string of the molecule is Cc1cccc(C)c1NC(=O)C1CCCN(C(=O)c2ccccc2OC(F)F)C1. The summed E-state index contributed by atoms with van der Waals surface area (Å²) in [6.45, 7) is 1.55. The molecule has 0 aliphatic carbocycles. The fourth-order valence-corrected chi connectivity index (χ4v) is 3.62. The summed E-state index contributed by atoms with van der Waals surface area (Å²) in [5, 5.41) is 2.98. The van der Waals surface area contributed by atoms with Crippen LogP contribution in [-0.4, -0.2) is 36.4 Å². The molecule has 1 atom stereocenters. The number of hydrogen-bond acceptors (Lipinski definition) is 3. The molecular weight excluding hydrogens is 378 g/mol. The van der Waals surface area contributed by atoms with E-state index in [1.165, 1.54) is 23.1 Å². The summed E-state index contributed by atoms with van der Waals surface area (Å²) in [5.41, 5.74) is 2.81. The second kappa shape index (κ2) is 9.03. The quantitative estimate of drug-likeness (QED) is 0.807. The van der Waals surface area contributed by atoms with E-state index in [1.807, 2.05) is 32.0 Å². The van der Waals surface area contributed by atoms with Crippen LogP contribution in [-0.2, 0) is 4.79 Å². The number of amides is 2. The summed E-state index contributed by atoms with van der Waals surface area (Å²) in [4.78, 5) is 27.3. The van der Waals surface area contributed by atoms with Crippen molar-refractivity contribution >= 4 is 17.5 Å². The van der Waals surface area contributed by atoms with E-state index in [-0.39, 0.29) is 29.7 Å². The Bertz CT molecular complexity index is 881. The maximum absolute atomic E-state index is 12.9. The fourth-order valence-electron chi connectivity index (χ4n) is 3.62. The van der Waals surface area contributed by atoms with Crippen molar-refractivity contribution in [1.82, 2.24) is 4.90 Å². The van der Waals surface area contributed by atoms with Crippen LogP contribution in [0.2, 0.25) is 0 Å². The molecule has 7 heteroatoms.